The van der Waals surface area contributed by atoms with E-state index in [4.69, 9.17) is 0 Å². The SMILES string of the molecule is OB(O)c1ccc2c3cccc4c5ccccc5n(c2c1)c43. The molecule has 0 amide bonds. The molecule has 2 heterocycles. The van der Waals surface area contributed by atoms with Crippen LogP contribution in [0.1, 0.15) is 0 Å². The average molecular weight is 285 g/mol. The van der Waals surface area contributed by atoms with Gasteiger partial charge in [0, 0.05) is 21.5 Å². The fourth-order valence-corrected chi connectivity index (χ4v) is 3.61. The fraction of sp³-hybridized carbons (Fsp3) is 0. The van der Waals surface area contributed by atoms with Gasteiger partial charge in [-0.1, -0.05) is 48.5 Å². The van der Waals surface area contributed by atoms with Crippen molar-refractivity contribution in [3.05, 3.63) is 60.7 Å². The number of para-hydroxylation sites is 2. The number of nitrogens with zero attached hydrogens (tertiary/aromatic N) is 1. The first-order valence-corrected chi connectivity index (χ1v) is 7.29. The first kappa shape index (κ1) is 12.0. The molecule has 0 aliphatic heterocycles. The normalized spacial score (nSPS) is 12.1. The molecule has 4 heteroatoms. The maximum atomic E-state index is 9.48. The third-order valence-corrected chi connectivity index (χ3v) is 4.55. The van der Waals surface area contributed by atoms with Crippen LogP contribution < -0.4 is 5.46 Å². The van der Waals surface area contributed by atoms with Crippen LogP contribution >= 0.6 is 0 Å². The first-order valence-electron chi connectivity index (χ1n) is 7.29. The van der Waals surface area contributed by atoms with Gasteiger partial charge in [-0.3, -0.25) is 0 Å². The van der Waals surface area contributed by atoms with E-state index in [0.29, 0.717) is 5.46 Å². The molecule has 5 aromatic rings. The smallest absolute Gasteiger partial charge is 0.423 e. The lowest BCUT2D eigenvalue weighted by Gasteiger charge is -2.01. The molecule has 3 nitrogen and oxygen atoms in total. The standard InChI is InChI=1S/C18H12BNO2/c21-19(22)11-8-9-13-15-6-3-5-14-12-4-1-2-7-16(12)20(18(14)15)17(13)10-11/h1-10,21-22H. The Morgan fingerprint density at radius 2 is 1.36 bits per heavy atom. The zero-order valence-corrected chi connectivity index (χ0v) is 11.7. The van der Waals surface area contributed by atoms with Gasteiger partial charge in [0.05, 0.1) is 16.6 Å². The highest BCUT2D eigenvalue weighted by Crippen LogP contribution is 2.38. The summed E-state index contributed by atoms with van der Waals surface area (Å²) in [6.07, 6.45) is 0. The second-order valence-electron chi connectivity index (χ2n) is 5.70. The van der Waals surface area contributed by atoms with Crippen molar-refractivity contribution in [1.82, 2.24) is 4.40 Å². The Hall–Kier alpha value is -2.56. The summed E-state index contributed by atoms with van der Waals surface area (Å²) in [6, 6.07) is 20.3. The van der Waals surface area contributed by atoms with Gasteiger partial charge >= 0.3 is 7.12 Å². The van der Waals surface area contributed by atoms with Gasteiger partial charge < -0.3 is 14.4 Å². The van der Waals surface area contributed by atoms with Crippen molar-refractivity contribution in [2.75, 3.05) is 0 Å². The van der Waals surface area contributed by atoms with Gasteiger partial charge in [-0.25, -0.2) is 0 Å². The van der Waals surface area contributed by atoms with Gasteiger partial charge in [0.25, 0.3) is 0 Å². The van der Waals surface area contributed by atoms with Crippen molar-refractivity contribution in [3.63, 3.8) is 0 Å². The molecule has 0 radical (unpaired) electrons. The summed E-state index contributed by atoms with van der Waals surface area (Å²) in [5.74, 6) is 0. The Kier molecular flexibility index (Phi) is 2.19. The van der Waals surface area contributed by atoms with E-state index in [1.807, 2.05) is 18.2 Å². The van der Waals surface area contributed by atoms with Crippen LogP contribution in [0, 0.1) is 0 Å². The van der Waals surface area contributed by atoms with Crippen LogP contribution in [-0.2, 0) is 0 Å². The van der Waals surface area contributed by atoms with E-state index in [-0.39, 0.29) is 0 Å². The summed E-state index contributed by atoms with van der Waals surface area (Å²) in [6.45, 7) is 0. The highest BCUT2D eigenvalue weighted by Gasteiger charge is 2.18. The molecule has 2 aromatic heterocycles. The monoisotopic (exact) mass is 285 g/mol. The molecule has 22 heavy (non-hydrogen) atoms. The van der Waals surface area contributed by atoms with Gasteiger partial charge in [0.1, 0.15) is 0 Å². The molecular weight excluding hydrogens is 273 g/mol. The van der Waals surface area contributed by atoms with E-state index >= 15 is 0 Å². The summed E-state index contributed by atoms with van der Waals surface area (Å²) in [5, 5.41) is 23.7. The summed E-state index contributed by atoms with van der Waals surface area (Å²) in [7, 11) is -1.45. The molecule has 0 aliphatic rings. The lowest BCUT2D eigenvalue weighted by atomic mass is 9.80. The fourth-order valence-electron chi connectivity index (χ4n) is 3.61. The summed E-state index contributed by atoms with van der Waals surface area (Å²) < 4.78 is 2.22. The summed E-state index contributed by atoms with van der Waals surface area (Å²) >= 11 is 0. The van der Waals surface area contributed by atoms with Gasteiger partial charge in [0.2, 0.25) is 0 Å². The van der Waals surface area contributed by atoms with Crippen LogP contribution in [0.3, 0.4) is 0 Å². The first-order chi connectivity index (χ1) is 10.8. The number of fused-ring (bicyclic) bond motifs is 6. The number of benzene rings is 3. The molecular formula is C18H12BNO2. The number of rotatable bonds is 1. The minimum atomic E-state index is -1.45. The van der Waals surface area contributed by atoms with E-state index in [2.05, 4.69) is 40.8 Å². The highest BCUT2D eigenvalue weighted by molar-refractivity contribution is 6.59. The van der Waals surface area contributed by atoms with E-state index in [1.165, 1.54) is 21.7 Å². The van der Waals surface area contributed by atoms with E-state index in [1.54, 1.807) is 6.07 Å². The van der Waals surface area contributed by atoms with Gasteiger partial charge in [-0.05, 0) is 17.6 Å². The molecule has 0 atom stereocenters. The molecule has 0 fully saturated rings. The molecule has 0 unspecified atom stereocenters. The van der Waals surface area contributed by atoms with Crippen LogP contribution in [0.25, 0.3) is 38.1 Å². The average Bonchev–Trinajstić information content (AvgIpc) is 3.06. The minimum absolute atomic E-state index is 0.512. The van der Waals surface area contributed by atoms with Gasteiger partial charge in [-0.15, -0.1) is 0 Å². The van der Waals surface area contributed by atoms with Crippen molar-refractivity contribution in [2.45, 2.75) is 0 Å². The van der Waals surface area contributed by atoms with Crippen molar-refractivity contribution in [2.24, 2.45) is 0 Å². The van der Waals surface area contributed by atoms with Crippen LogP contribution in [0.15, 0.2) is 60.7 Å². The van der Waals surface area contributed by atoms with E-state index in [9.17, 15) is 10.0 Å². The van der Waals surface area contributed by atoms with E-state index in [0.717, 1.165) is 16.4 Å². The lowest BCUT2D eigenvalue weighted by Crippen LogP contribution is -2.29. The predicted molar refractivity (Wildman–Crippen MR) is 90.9 cm³/mol. The maximum Gasteiger partial charge on any atom is 0.488 e. The Balaban J connectivity index is 2.14. The third-order valence-electron chi connectivity index (χ3n) is 4.55. The predicted octanol–water partition coefficient (Wildman–Crippen LogP) is 2.52. The largest absolute Gasteiger partial charge is 0.488 e. The van der Waals surface area contributed by atoms with Crippen molar-refractivity contribution in [3.8, 4) is 0 Å². The maximum absolute atomic E-state index is 9.48. The summed E-state index contributed by atoms with van der Waals surface area (Å²) in [4.78, 5) is 0. The zero-order chi connectivity index (χ0) is 14.8. The molecule has 0 saturated heterocycles. The minimum Gasteiger partial charge on any atom is -0.423 e. The molecule has 0 spiro atoms. The molecule has 0 bridgehead atoms. The Morgan fingerprint density at radius 1 is 0.682 bits per heavy atom. The molecule has 104 valence electrons. The van der Waals surface area contributed by atoms with Crippen LogP contribution in [0.2, 0.25) is 0 Å². The molecule has 5 rings (SSSR count). The highest BCUT2D eigenvalue weighted by atomic mass is 16.4. The second kappa shape index (κ2) is 4.00. The molecule has 2 N–H and O–H groups in total. The van der Waals surface area contributed by atoms with Crippen LogP contribution in [-0.4, -0.2) is 21.6 Å². The Morgan fingerprint density at radius 3 is 2.14 bits per heavy atom. The second-order valence-corrected chi connectivity index (χ2v) is 5.70. The van der Waals surface area contributed by atoms with E-state index < -0.39 is 7.12 Å². The molecule has 0 saturated carbocycles. The zero-order valence-electron chi connectivity index (χ0n) is 11.7. The van der Waals surface area contributed by atoms with Crippen molar-refractivity contribution in [1.29, 1.82) is 0 Å². The number of aromatic nitrogens is 1. The van der Waals surface area contributed by atoms with Gasteiger partial charge in [-0.2, -0.15) is 0 Å². The quantitative estimate of drug-likeness (QED) is 0.465. The van der Waals surface area contributed by atoms with Gasteiger partial charge in [0.15, 0.2) is 0 Å². The Labute approximate surface area is 126 Å². The Bertz CT molecular complexity index is 1160. The van der Waals surface area contributed by atoms with Crippen molar-refractivity contribution < 1.29 is 10.0 Å². The molecule has 3 aromatic carbocycles. The van der Waals surface area contributed by atoms with Crippen molar-refractivity contribution >= 4 is 50.7 Å². The lowest BCUT2D eigenvalue weighted by molar-refractivity contribution is 0.426. The topological polar surface area (TPSA) is 44.9 Å². The third kappa shape index (κ3) is 1.34. The summed E-state index contributed by atoms with van der Waals surface area (Å²) in [5.41, 5.74) is 3.87. The number of hydrogen-bond donors (Lipinski definition) is 2. The number of hydrogen-bond acceptors (Lipinski definition) is 2. The van der Waals surface area contributed by atoms with Crippen LogP contribution in [0.4, 0.5) is 0 Å². The molecule has 0 aliphatic carbocycles. The van der Waals surface area contributed by atoms with Crippen LogP contribution in [0.5, 0.6) is 0 Å².